The molecular formula is C17H24N2O3. The number of methoxy groups -OCH3 is 1. The highest BCUT2D eigenvalue weighted by atomic mass is 16.5. The number of hydrogen-bond donors (Lipinski definition) is 1. The van der Waals surface area contributed by atoms with E-state index in [-0.39, 0.29) is 23.8 Å². The molecule has 1 aliphatic rings. The van der Waals surface area contributed by atoms with Crippen molar-refractivity contribution in [1.82, 2.24) is 4.90 Å². The van der Waals surface area contributed by atoms with Gasteiger partial charge in [0.15, 0.2) is 0 Å². The van der Waals surface area contributed by atoms with Gasteiger partial charge in [0.25, 0.3) is 0 Å². The predicted molar refractivity (Wildman–Crippen MR) is 85.8 cm³/mol. The Bertz CT molecular complexity index is 527. The van der Waals surface area contributed by atoms with Crippen LogP contribution in [0.15, 0.2) is 24.3 Å². The largest absolute Gasteiger partial charge is 0.497 e. The van der Waals surface area contributed by atoms with Crippen LogP contribution in [0.25, 0.3) is 0 Å². The van der Waals surface area contributed by atoms with Gasteiger partial charge in [0, 0.05) is 18.2 Å². The van der Waals surface area contributed by atoms with Crippen molar-refractivity contribution in [2.24, 2.45) is 5.92 Å². The summed E-state index contributed by atoms with van der Waals surface area (Å²) in [7, 11) is 1.60. The van der Waals surface area contributed by atoms with E-state index in [4.69, 9.17) is 4.74 Å². The summed E-state index contributed by atoms with van der Waals surface area (Å²) >= 11 is 0. The minimum Gasteiger partial charge on any atom is -0.497 e. The third-order valence-electron chi connectivity index (χ3n) is 4.23. The lowest BCUT2D eigenvalue weighted by Gasteiger charge is -2.26. The average Bonchev–Trinajstić information content (AvgIpc) is 3.03. The lowest BCUT2D eigenvalue weighted by Crippen LogP contribution is -2.45. The molecule has 1 aromatic carbocycles. The van der Waals surface area contributed by atoms with Crippen LogP contribution in [-0.2, 0) is 9.59 Å². The van der Waals surface area contributed by atoms with Crippen LogP contribution in [0.5, 0.6) is 5.75 Å². The van der Waals surface area contributed by atoms with Gasteiger partial charge < -0.3 is 15.0 Å². The molecule has 5 heteroatoms. The summed E-state index contributed by atoms with van der Waals surface area (Å²) in [6.07, 6.45) is 2.40. The van der Waals surface area contributed by atoms with Gasteiger partial charge in [0.05, 0.1) is 7.11 Å². The smallest absolute Gasteiger partial charge is 0.247 e. The third-order valence-corrected chi connectivity index (χ3v) is 4.23. The standard InChI is InChI=1S/C17H24N2O3/c1-4-12(2)17(21)19-11-5-6-15(19)16(20)18-13-7-9-14(22-3)10-8-13/h7-10,12,15H,4-6,11H2,1-3H3,(H,18,20)/t12-,15-/m1/s1. The quantitative estimate of drug-likeness (QED) is 0.910. The highest BCUT2D eigenvalue weighted by Gasteiger charge is 2.35. The maximum atomic E-state index is 12.5. The second-order valence-corrected chi connectivity index (χ2v) is 5.72. The van der Waals surface area contributed by atoms with Crippen molar-refractivity contribution in [3.05, 3.63) is 24.3 Å². The molecule has 0 bridgehead atoms. The molecular weight excluding hydrogens is 280 g/mol. The zero-order chi connectivity index (χ0) is 16.1. The van der Waals surface area contributed by atoms with E-state index in [1.165, 1.54) is 0 Å². The number of carbonyl (C=O) groups is 2. The van der Waals surface area contributed by atoms with Crippen LogP contribution in [-0.4, -0.2) is 36.4 Å². The van der Waals surface area contributed by atoms with Crippen LogP contribution >= 0.6 is 0 Å². The Morgan fingerprint density at radius 3 is 2.64 bits per heavy atom. The summed E-state index contributed by atoms with van der Waals surface area (Å²) in [5.41, 5.74) is 0.716. The van der Waals surface area contributed by atoms with Crippen molar-refractivity contribution < 1.29 is 14.3 Å². The molecule has 1 fully saturated rings. The number of likely N-dealkylation sites (tertiary alicyclic amines) is 1. The molecule has 1 saturated heterocycles. The lowest BCUT2D eigenvalue weighted by atomic mass is 10.1. The average molecular weight is 304 g/mol. The van der Waals surface area contributed by atoms with Gasteiger partial charge >= 0.3 is 0 Å². The molecule has 2 amide bonds. The van der Waals surface area contributed by atoms with Crippen molar-refractivity contribution in [2.45, 2.75) is 39.2 Å². The van der Waals surface area contributed by atoms with Gasteiger partial charge in [0.2, 0.25) is 11.8 Å². The van der Waals surface area contributed by atoms with Crippen LogP contribution in [0.3, 0.4) is 0 Å². The molecule has 5 nitrogen and oxygen atoms in total. The summed E-state index contributed by atoms with van der Waals surface area (Å²) in [5, 5.41) is 2.89. The minimum absolute atomic E-state index is 0.0330. The molecule has 1 N–H and O–H groups in total. The molecule has 120 valence electrons. The van der Waals surface area contributed by atoms with E-state index in [1.54, 1.807) is 36.3 Å². The molecule has 1 aromatic rings. The first-order valence-corrected chi connectivity index (χ1v) is 7.82. The highest BCUT2D eigenvalue weighted by Crippen LogP contribution is 2.23. The van der Waals surface area contributed by atoms with E-state index in [9.17, 15) is 9.59 Å². The van der Waals surface area contributed by atoms with Crippen molar-refractivity contribution in [2.75, 3.05) is 19.0 Å². The van der Waals surface area contributed by atoms with Crippen molar-refractivity contribution in [3.8, 4) is 5.75 Å². The number of rotatable bonds is 5. The first-order chi connectivity index (χ1) is 10.6. The first kappa shape index (κ1) is 16.3. The Balaban J connectivity index is 2.02. The topological polar surface area (TPSA) is 58.6 Å². The first-order valence-electron chi connectivity index (χ1n) is 7.82. The number of nitrogens with one attached hydrogen (secondary N) is 1. The van der Waals surface area contributed by atoms with Gasteiger partial charge in [-0.15, -0.1) is 0 Å². The van der Waals surface area contributed by atoms with Gasteiger partial charge in [-0.2, -0.15) is 0 Å². The molecule has 2 atom stereocenters. The molecule has 0 unspecified atom stereocenters. The van der Waals surface area contributed by atoms with Crippen LogP contribution < -0.4 is 10.1 Å². The summed E-state index contributed by atoms with van der Waals surface area (Å²) in [5.74, 6) is 0.677. The number of benzene rings is 1. The Labute approximate surface area is 131 Å². The zero-order valence-electron chi connectivity index (χ0n) is 13.5. The van der Waals surface area contributed by atoms with Gasteiger partial charge in [-0.3, -0.25) is 9.59 Å². The Morgan fingerprint density at radius 2 is 2.05 bits per heavy atom. The lowest BCUT2D eigenvalue weighted by molar-refractivity contribution is -0.139. The fourth-order valence-electron chi connectivity index (χ4n) is 2.66. The molecule has 0 aliphatic carbocycles. The van der Waals surface area contributed by atoms with Crippen LogP contribution in [0.2, 0.25) is 0 Å². The summed E-state index contributed by atoms with van der Waals surface area (Å²) in [4.78, 5) is 26.5. The molecule has 1 aliphatic heterocycles. The summed E-state index contributed by atoms with van der Waals surface area (Å²) in [6, 6.07) is 6.83. The van der Waals surface area contributed by atoms with Gasteiger partial charge in [-0.25, -0.2) is 0 Å². The maximum absolute atomic E-state index is 12.5. The molecule has 1 heterocycles. The molecule has 22 heavy (non-hydrogen) atoms. The van der Waals surface area contributed by atoms with E-state index in [0.717, 1.165) is 25.0 Å². The highest BCUT2D eigenvalue weighted by molar-refractivity contribution is 5.97. The van der Waals surface area contributed by atoms with E-state index in [0.29, 0.717) is 12.2 Å². The van der Waals surface area contributed by atoms with E-state index < -0.39 is 0 Å². The SMILES string of the molecule is CC[C@@H](C)C(=O)N1CCC[C@@H]1C(=O)Nc1ccc(OC)cc1. The third kappa shape index (κ3) is 3.59. The Kier molecular flexibility index (Phi) is 5.41. The number of amides is 2. The fraction of sp³-hybridized carbons (Fsp3) is 0.529. The molecule has 0 saturated carbocycles. The molecule has 0 aromatic heterocycles. The van der Waals surface area contributed by atoms with Gasteiger partial charge in [0.1, 0.15) is 11.8 Å². The zero-order valence-corrected chi connectivity index (χ0v) is 13.5. The molecule has 0 spiro atoms. The van der Waals surface area contributed by atoms with E-state index in [2.05, 4.69) is 5.32 Å². The minimum atomic E-state index is -0.358. The Hall–Kier alpha value is -2.04. The van der Waals surface area contributed by atoms with Gasteiger partial charge in [-0.1, -0.05) is 13.8 Å². The van der Waals surface area contributed by atoms with Crippen molar-refractivity contribution in [1.29, 1.82) is 0 Å². The molecule has 0 radical (unpaired) electrons. The summed E-state index contributed by atoms with van der Waals surface area (Å²) in [6.45, 7) is 4.58. The van der Waals surface area contributed by atoms with E-state index >= 15 is 0 Å². The maximum Gasteiger partial charge on any atom is 0.247 e. The van der Waals surface area contributed by atoms with Crippen molar-refractivity contribution >= 4 is 17.5 Å². The van der Waals surface area contributed by atoms with E-state index in [1.807, 2.05) is 13.8 Å². The number of ether oxygens (including phenoxy) is 1. The molecule has 2 rings (SSSR count). The van der Waals surface area contributed by atoms with Crippen molar-refractivity contribution in [3.63, 3.8) is 0 Å². The Morgan fingerprint density at radius 1 is 1.36 bits per heavy atom. The number of hydrogen-bond acceptors (Lipinski definition) is 3. The van der Waals surface area contributed by atoms with Gasteiger partial charge in [-0.05, 0) is 43.5 Å². The normalized spacial score (nSPS) is 18.9. The van der Waals surface area contributed by atoms with Crippen LogP contribution in [0.4, 0.5) is 5.69 Å². The van der Waals surface area contributed by atoms with Crippen LogP contribution in [0.1, 0.15) is 33.1 Å². The number of carbonyl (C=O) groups excluding carboxylic acids is 2. The number of anilines is 1. The summed E-state index contributed by atoms with van der Waals surface area (Å²) < 4.78 is 5.10. The second kappa shape index (κ2) is 7.29. The number of nitrogens with zero attached hydrogens (tertiary/aromatic N) is 1. The monoisotopic (exact) mass is 304 g/mol. The second-order valence-electron chi connectivity index (χ2n) is 5.72. The fourth-order valence-corrected chi connectivity index (χ4v) is 2.66. The predicted octanol–water partition coefficient (Wildman–Crippen LogP) is 2.67. The van der Waals surface area contributed by atoms with Crippen LogP contribution in [0, 0.1) is 5.92 Å².